The van der Waals surface area contributed by atoms with Crippen LogP contribution in [-0.2, 0) is 24.2 Å². The number of hydrogen-bond donors (Lipinski definition) is 2. The van der Waals surface area contributed by atoms with Crippen LogP contribution in [0.2, 0.25) is 0 Å². The third-order valence-electron chi connectivity index (χ3n) is 4.24. The molecule has 1 amide bonds. The first kappa shape index (κ1) is 17.4. The number of carbonyl (C=O) groups excluding carboxylic acids is 1. The Kier molecular flexibility index (Phi) is 5.06. The van der Waals surface area contributed by atoms with E-state index in [-0.39, 0.29) is 17.9 Å². The number of thiophene rings is 1. The van der Waals surface area contributed by atoms with Gasteiger partial charge in [-0.1, -0.05) is 12.1 Å². The lowest BCUT2D eigenvalue weighted by atomic mass is 10.0. The number of benzene rings is 1. The molecule has 0 unspecified atom stereocenters. The molecule has 3 rings (SSSR count). The van der Waals surface area contributed by atoms with Crippen molar-refractivity contribution in [3.63, 3.8) is 0 Å². The fourth-order valence-corrected chi connectivity index (χ4v) is 4.28. The van der Waals surface area contributed by atoms with E-state index in [0.29, 0.717) is 18.0 Å². The maximum absolute atomic E-state index is 12.3. The lowest BCUT2D eigenvalue weighted by molar-refractivity contribution is -0.115. The number of hydrogen-bond acceptors (Lipinski definition) is 5. The largest absolute Gasteiger partial charge is 0.497 e. The Labute approximate surface area is 150 Å². The molecule has 0 spiro atoms. The molecule has 1 aliphatic rings. The van der Waals surface area contributed by atoms with Crippen molar-refractivity contribution in [1.82, 2.24) is 4.90 Å². The van der Waals surface area contributed by atoms with Gasteiger partial charge in [-0.05, 0) is 36.7 Å². The minimum Gasteiger partial charge on any atom is -0.497 e. The maximum atomic E-state index is 12.3. The van der Waals surface area contributed by atoms with Gasteiger partial charge in [0.15, 0.2) is 0 Å². The summed E-state index contributed by atoms with van der Waals surface area (Å²) in [5.74, 6) is -0.478. The summed E-state index contributed by atoms with van der Waals surface area (Å²) in [6.45, 7) is 1.54. The molecule has 2 N–H and O–H groups in total. The molecule has 0 saturated carbocycles. The van der Waals surface area contributed by atoms with Gasteiger partial charge in [-0.2, -0.15) is 0 Å². The van der Waals surface area contributed by atoms with E-state index in [1.54, 1.807) is 19.2 Å². The molecule has 0 bridgehead atoms. The van der Waals surface area contributed by atoms with Crippen molar-refractivity contribution in [2.75, 3.05) is 26.0 Å². The van der Waals surface area contributed by atoms with Crippen LogP contribution < -0.4 is 10.1 Å². The molecule has 132 valence electrons. The van der Waals surface area contributed by atoms with Crippen molar-refractivity contribution in [2.45, 2.75) is 19.4 Å². The minimum atomic E-state index is -0.984. The molecule has 6 nitrogen and oxygen atoms in total. The fourth-order valence-electron chi connectivity index (χ4n) is 2.95. The van der Waals surface area contributed by atoms with Crippen molar-refractivity contribution >= 4 is 28.2 Å². The predicted octanol–water partition coefficient (Wildman–Crippen LogP) is 2.62. The van der Waals surface area contributed by atoms with Crippen molar-refractivity contribution in [2.24, 2.45) is 0 Å². The molecule has 1 aromatic heterocycles. The molecular weight excluding hydrogens is 340 g/mol. The highest BCUT2D eigenvalue weighted by molar-refractivity contribution is 7.17. The maximum Gasteiger partial charge on any atom is 0.339 e. The number of ether oxygens (including phenoxy) is 1. The number of carboxylic acids is 1. The van der Waals surface area contributed by atoms with Gasteiger partial charge in [0.1, 0.15) is 10.8 Å². The van der Waals surface area contributed by atoms with Gasteiger partial charge in [0, 0.05) is 18.0 Å². The second-order valence-corrected chi connectivity index (χ2v) is 7.18. The highest BCUT2D eigenvalue weighted by atomic mass is 32.1. The number of nitrogens with zero attached hydrogens (tertiary/aromatic N) is 1. The molecule has 2 aromatic rings. The van der Waals surface area contributed by atoms with Crippen LogP contribution in [0.5, 0.6) is 5.75 Å². The van der Waals surface area contributed by atoms with Crippen molar-refractivity contribution < 1.29 is 19.4 Å². The lowest BCUT2D eigenvalue weighted by Gasteiger charge is -2.22. The standard InChI is InChI=1S/C18H20N2O4S/c1-20-8-7-13-14(10-20)25-17(16(13)18(22)23)19-15(21)9-11-3-5-12(24-2)6-4-11/h3-6H,7-10H2,1-2H3,(H,19,21)(H,22,23). The molecule has 1 aliphatic heterocycles. The average Bonchev–Trinajstić information content (AvgIpc) is 2.92. The lowest BCUT2D eigenvalue weighted by Crippen LogP contribution is -2.26. The number of aromatic carboxylic acids is 1. The first-order chi connectivity index (χ1) is 12.0. The van der Waals surface area contributed by atoms with Crippen LogP contribution in [0.1, 0.15) is 26.4 Å². The quantitative estimate of drug-likeness (QED) is 0.857. The molecule has 0 atom stereocenters. The molecule has 0 aliphatic carbocycles. The Balaban J connectivity index is 1.77. The second kappa shape index (κ2) is 7.25. The number of carboxylic acid groups (broad SMARTS) is 1. The first-order valence-corrected chi connectivity index (χ1v) is 8.78. The summed E-state index contributed by atoms with van der Waals surface area (Å²) >= 11 is 1.36. The van der Waals surface area contributed by atoms with Gasteiger partial charge in [0.2, 0.25) is 5.91 Å². The number of rotatable bonds is 5. The Morgan fingerprint density at radius 3 is 2.68 bits per heavy atom. The first-order valence-electron chi connectivity index (χ1n) is 7.97. The molecule has 1 aromatic carbocycles. The zero-order valence-corrected chi connectivity index (χ0v) is 15.0. The van der Waals surface area contributed by atoms with E-state index in [1.165, 1.54) is 11.3 Å². The van der Waals surface area contributed by atoms with Crippen molar-refractivity contribution in [3.8, 4) is 5.75 Å². The summed E-state index contributed by atoms with van der Waals surface area (Å²) in [5, 5.41) is 12.8. The van der Waals surface area contributed by atoms with E-state index in [0.717, 1.165) is 28.3 Å². The Hall–Kier alpha value is -2.38. The van der Waals surface area contributed by atoms with Gasteiger partial charge < -0.3 is 20.1 Å². The molecular formula is C18H20N2O4S. The third-order valence-corrected chi connectivity index (χ3v) is 5.37. The van der Waals surface area contributed by atoms with Crippen molar-refractivity contribution in [3.05, 3.63) is 45.8 Å². The van der Waals surface area contributed by atoms with Crippen LogP contribution in [0.4, 0.5) is 5.00 Å². The van der Waals surface area contributed by atoms with Crippen LogP contribution in [0, 0.1) is 0 Å². The predicted molar refractivity (Wildman–Crippen MR) is 96.6 cm³/mol. The van der Waals surface area contributed by atoms with Crippen molar-refractivity contribution in [1.29, 1.82) is 0 Å². The van der Waals surface area contributed by atoms with Gasteiger partial charge in [-0.25, -0.2) is 4.79 Å². The molecule has 0 saturated heterocycles. The third kappa shape index (κ3) is 3.83. The van der Waals surface area contributed by atoms with Gasteiger partial charge >= 0.3 is 5.97 Å². The average molecular weight is 360 g/mol. The Morgan fingerprint density at radius 2 is 2.04 bits per heavy atom. The van der Waals surface area contributed by atoms with E-state index < -0.39 is 5.97 Å². The molecule has 0 fully saturated rings. The van der Waals surface area contributed by atoms with Crippen LogP contribution in [0.25, 0.3) is 0 Å². The molecule has 0 radical (unpaired) electrons. The summed E-state index contributed by atoms with van der Waals surface area (Å²) in [6.07, 6.45) is 0.879. The van der Waals surface area contributed by atoms with Crippen LogP contribution in [0.3, 0.4) is 0 Å². The fraction of sp³-hybridized carbons (Fsp3) is 0.333. The summed E-state index contributed by atoms with van der Waals surface area (Å²) < 4.78 is 5.10. The number of methoxy groups -OCH3 is 1. The van der Waals surface area contributed by atoms with E-state index in [4.69, 9.17) is 4.74 Å². The minimum absolute atomic E-state index is 0.186. The van der Waals surface area contributed by atoms with Gasteiger partial charge in [-0.15, -0.1) is 11.3 Å². The van der Waals surface area contributed by atoms with E-state index >= 15 is 0 Å². The number of fused-ring (bicyclic) bond motifs is 1. The molecule has 25 heavy (non-hydrogen) atoms. The number of anilines is 1. The van der Waals surface area contributed by atoms with Gasteiger partial charge in [0.25, 0.3) is 0 Å². The zero-order valence-electron chi connectivity index (χ0n) is 14.2. The Bertz CT molecular complexity index is 798. The van der Waals surface area contributed by atoms with Crippen LogP contribution in [0.15, 0.2) is 24.3 Å². The smallest absolute Gasteiger partial charge is 0.339 e. The van der Waals surface area contributed by atoms with E-state index in [1.807, 2.05) is 19.2 Å². The Morgan fingerprint density at radius 1 is 1.32 bits per heavy atom. The number of likely N-dealkylation sites (N-methyl/N-ethyl adjacent to an activating group) is 1. The topological polar surface area (TPSA) is 78.9 Å². The van der Waals surface area contributed by atoms with Crippen LogP contribution >= 0.6 is 11.3 Å². The van der Waals surface area contributed by atoms with Crippen LogP contribution in [-0.4, -0.2) is 42.6 Å². The summed E-state index contributed by atoms with van der Waals surface area (Å²) in [4.78, 5) is 27.2. The summed E-state index contributed by atoms with van der Waals surface area (Å²) in [6, 6.07) is 7.24. The van der Waals surface area contributed by atoms with E-state index in [9.17, 15) is 14.7 Å². The SMILES string of the molecule is COc1ccc(CC(=O)Nc2sc3c(c2C(=O)O)CCN(C)C3)cc1. The summed E-state index contributed by atoms with van der Waals surface area (Å²) in [5.41, 5.74) is 1.95. The van der Waals surface area contributed by atoms with Gasteiger partial charge in [0.05, 0.1) is 19.1 Å². The second-order valence-electron chi connectivity index (χ2n) is 6.07. The highest BCUT2D eigenvalue weighted by Crippen LogP contribution is 2.36. The monoisotopic (exact) mass is 360 g/mol. The zero-order chi connectivity index (χ0) is 18.0. The van der Waals surface area contributed by atoms with Gasteiger partial charge in [-0.3, -0.25) is 4.79 Å². The number of carbonyl (C=O) groups is 2. The highest BCUT2D eigenvalue weighted by Gasteiger charge is 2.27. The normalized spacial score (nSPS) is 14.0. The molecule has 7 heteroatoms. The summed E-state index contributed by atoms with van der Waals surface area (Å²) in [7, 11) is 3.59. The molecule has 2 heterocycles. The van der Waals surface area contributed by atoms with E-state index in [2.05, 4.69) is 10.2 Å². The number of nitrogens with one attached hydrogen (secondary N) is 1. The number of amides is 1.